The van der Waals surface area contributed by atoms with Crippen molar-refractivity contribution in [3.63, 3.8) is 0 Å². The van der Waals surface area contributed by atoms with Crippen LogP contribution in [0.5, 0.6) is 0 Å². The first-order chi connectivity index (χ1) is 6.88. The summed E-state index contributed by atoms with van der Waals surface area (Å²) in [5, 5.41) is 11.0. The first-order valence-corrected chi connectivity index (χ1v) is 4.47. The lowest BCUT2D eigenvalue weighted by atomic mass is 10.2. The van der Waals surface area contributed by atoms with Gasteiger partial charge < -0.3 is 0 Å². The van der Waals surface area contributed by atoms with Gasteiger partial charge in [-0.2, -0.15) is 0 Å². The predicted molar refractivity (Wildman–Crippen MR) is 62.6 cm³/mol. The van der Waals surface area contributed by atoms with Gasteiger partial charge in [-0.1, -0.05) is 36.4 Å². The van der Waals surface area contributed by atoms with Crippen molar-refractivity contribution in [3.8, 4) is 0 Å². The minimum Gasteiger partial charge on any atom is -0.284 e. The van der Waals surface area contributed by atoms with E-state index >= 15 is 0 Å². The van der Waals surface area contributed by atoms with Crippen molar-refractivity contribution in [2.24, 2.45) is 0 Å². The molecule has 1 N–H and O–H groups in total. The van der Waals surface area contributed by atoms with Gasteiger partial charge in [0, 0.05) is 8.41 Å². The van der Waals surface area contributed by atoms with Crippen LogP contribution in [0.1, 0.15) is 0 Å². The fourth-order valence-electron chi connectivity index (χ4n) is 1.29. The van der Waals surface area contributed by atoms with E-state index in [4.69, 9.17) is 0 Å². The number of benzene rings is 2. The van der Waals surface area contributed by atoms with E-state index in [1.807, 2.05) is 60.7 Å². The smallest absolute Gasteiger partial charge is 0.0693 e. The molecule has 0 aliphatic rings. The molecular formula is C12H11BNO. The number of para-hydroxylation sites is 2. The predicted octanol–water partition coefficient (Wildman–Crippen LogP) is 2.83. The van der Waals surface area contributed by atoms with Crippen molar-refractivity contribution < 1.29 is 5.21 Å². The molecule has 0 aliphatic heterocycles. The Bertz CT molecular complexity index is 351. The van der Waals surface area contributed by atoms with Gasteiger partial charge in [-0.25, -0.2) is 5.06 Å². The third-order valence-electron chi connectivity index (χ3n) is 2.00. The maximum absolute atomic E-state index is 9.83. The van der Waals surface area contributed by atoms with Gasteiger partial charge in [0.15, 0.2) is 0 Å². The van der Waals surface area contributed by atoms with Crippen molar-refractivity contribution in [2.75, 3.05) is 5.06 Å². The minimum absolute atomic E-state index is 0. The highest BCUT2D eigenvalue weighted by Gasteiger charge is 2.02. The van der Waals surface area contributed by atoms with E-state index in [1.165, 1.54) is 5.06 Å². The van der Waals surface area contributed by atoms with Crippen LogP contribution >= 0.6 is 0 Å². The molecule has 3 heteroatoms. The number of nitrogens with zero attached hydrogens (tertiary/aromatic N) is 1. The first kappa shape index (κ1) is 11.3. The molecule has 3 radical (unpaired) electrons. The van der Waals surface area contributed by atoms with Crippen LogP contribution in [0, 0.1) is 0 Å². The molecule has 2 nitrogen and oxygen atoms in total. The van der Waals surface area contributed by atoms with Gasteiger partial charge in [-0.15, -0.1) is 0 Å². The lowest BCUT2D eigenvalue weighted by molar-refractivity contribution is 0.301. The quantitative estimate of drug-likeness (QED) is 0.589. The minimum atomic E-state index is 0. The average Bonchev–Trinajstić information content (AvgIpc) is 2.30. The Morgan fingerprint density at radius 1 is 0.667 bits per heavy atom. The van der Waals surface area contributed by atoms with Crippen LogP contribution in [0.4, 0.5) is 11.4 Å². The van der Waals surface area contributed by atoms with Gasteiger partial charge in [0.2, 0.25) is 0 Å². The third-order valence-corrected chi connectivity index (χ3v) is 2.00. The average molecular weight is 196 g/mol. The van der Waals surface area contributed by atoms with Gasteiger partial charge in [-0.3, -0.25) is 5.21 Å². The summed E-state index contributed by atoms with van der Waals surface area (Å²) in [4.78, 5) is 0. The second-order valence-electron chi connectivity index (χ2n) is 2.98. The Balaban J connectivity index is 0.00000112. The molecule has 15 heavy (non-hydrogen) atoms. The van der Waals surface area contributed by atoms with Crippen LogP contribution < -0.4 is 5.06 Å². The Morgan fingerprint density at radius 2 is 1.00 bits per heavy atom. The summed E-state index contributed by atoms with van der Waals surface area (Å²) in [5.74, 6) is 0. The van der Waals surface area contributed by atoms with E-state index < -0.39 is 0 Å². The van der Waals surface area contributed by atoms with Gasteiger partial charge in [-0.05, 0) is 24.3 Å². The van der Waals surface area contributed by atoms with Crippen molar-refractivity contribution in [2.45, 2.75) is 0 Å². The number of hydrogen-bond acceptors (Lipinski definition) is 2. The largest absolute Gasteiger partial charge is 0.284 e. The fourth-order valence-corrected chi connectivity index (χ4v) is 1.29. The Labute approximate surface area is 91.3 Å². The SMILES string of the molecule is ON(c1ccccc1)c1ccccc1.[B]. The Hall–Kier alpha value is -1.74. The number of rotatable bonds is 2. The molecule has 0 aliphatic carbocycles. The topological polar surface area (TPSA) is 23.5 Å². The highest BCUT2D eigenvalue weighted by Crippen LogP contribution is 2.21. The van der Waals surface area contributed by atoms with Crippen LogP contribution in [0.2, 0.25) is 0 Å². The first-order valence-electron chi connectivity index (χ1n) is 4.47. The van der Waals surface area contributed by atoms with E-state index in [-0.39, 0.29) is 8.41 Å². The second kappa shape index (κ2) is 5.22. The van der Waals surface area contributed by atoms with Crippen LogP contribution in [0.3, 0.4) is 0 Å². The molecule has 0 saturated carbocycles. The zero-order valence-corrected chi connectivity index (χ0v) is 8.25. The summed E-state index contributed by atoms with van der Waals surface area (Å²) >= 11 is 0. The number of hydrogen-bond donors (Lipinski definition) is 1. The molecule has 0 bridgehead atoms. The van der Waals surface area contributed by atoms with E-state index in [2.05, 4.69) is 0 Å². The van der Waals surface area contributed by atoms with E-state index in [9.17, 15) is 5.21 Å². The molecule has 0 atom stereocenters. The summed E-state index contributed by atoms with van der Waals surface area (Å²) in [6, 6.07) is 18.8. The van der Waals surface area contributed by atoms with Gasteiger partial charge in [0.05, 0.1) is 11.4 Å². The maximum atomic E-state index is 9.83. The Kier molecular flexibility index (Phi) is 3.95. The zero-order valence-electron chi connectivity index (χ0n) is 8.25. The van der Waals surface area contributed by atoms with Crippen molar-refractivity contribution in [1.29, 1.82) is 0 Å². The van der Waals surface area contributed by atoms with Gasteiger partial charge >= 0.3 is 0 Å². The lowest BCUT2D eigenvalue weighted by Gasteiger charge is -2.16. The molecule has 73 valence electrons. The molecule has 0 saturated heterocycles. The zero-order chi connectivity index (χ0) is 9.80. The van der Waals surface area contributed by atoms with Crippen molar-refractivity contribution in [1.82, 2.24) is 0 Å². The van der Waals surface area contributed by atoms with E-state index in [0.717, 1.165) is 11.4 Å². The lowest BCUT2D eigenvalue weighted by Crippen LogP contribution is -2.09. The molecule has 0 aromatic heterocycles. The molecular weight excluding hydrogens is 185 g/mol. The highest BCUT2D eigenvalue weighted by atomic mass is 16.5. The van der Waals surface area contributed by atoms with Crippen LogP contribution in [0.15, 0.2) is 60.7 Å². The summed E-state index contributed by atoms with van der Waals surface area (Å²) < 4.78 is 0. The fraction of sp³-hybridized carbons (Fsp3) is 0. The monoisotopic (exact) mass is 196 g/mol. The van der Waals surface area contributed by atoms with E-state index in [1.54, 1.807) is 0 Å². The molecule has 2 aromatic carbocycles. The molecule has 0 heterocycles. The molecule has 0 amide bonds. The van der Waals surface area contributed by atoms with Crippen LogP contribution in [-0.4, -0.2) is 13.6 Å². The van der Waals surface area contributed by atoms with Gasteiger partial charge in [0.1, 0.15) is 0 Å². The van der Waals surface area contributed by atoms with Crippen LogP contribution in [-0.2, 0) is 0 Å². The van der Waals surface area contributed by atoms with E-state index in [0.29, 0.717) is 0 Å². The standard InChI is InChI=1S/C12H11NO.B/c14-13(11-7-3-1-4-8-11)12-9-5-2-6-10-12;/h1-10,14H;. The van der Waals surface area contributed by atoms with Crippen LogP contribution in [0.25, 0.3) is 0 Å². The third kappa shape index (κ3) is 2.61. The molecule has 0 unspecified atom stereocenters. The Morgan fingerprint density at radius 3 is 1.33 bits per heavy atom. The van der Waals surface area contributed by atoms with Crippen molar-refractivity contribution >= 4 is 19.8 Å². The normalized spacial score (nSPS) is 9.13. The second-order valence-corrected chi connectivity index (χ2v) is 2.98. The molecule has 0 spiro atoms. The molecule has 2 rings (SSSR count). The summed E-state index contributed by atoms with van der Waals surface area (Å²) in [7, 11) is 0. The summed E-state index contributed by atoms with van der Waals surface area (Å²) in [6.07, 6.45) is 0. The van der Waals surface area contributed by atoms with Gasteiger partial charge in [0.25, 0.3) is 0 Å². The molecule has 2 aromatic rings. The summed E-state index contributed by atoms with van der Waals surface area (Å²) in [5.41, 5.74) is 1.53. The maximum Gasteiger partial charge on any atom is 0.0693 e. The van der Waals surface area contributed by atoms with Crippen molar-refractivity contribution in [3.05, 3.63) is 60.7 Å². The highest BCUT2D eigenvalue weighted by molar-refractivity contribution is 5.75. The molecule has 0 fully saturated rings. The number of anilines is 2. The summed E-state index contributed by atoms with van der Waals surface area (Å²) in [6.45, 7) is 0.